The molecule has 1 heterocycles. The molecular weight excluding hydrogens is 250 g/mol. The summed E-state index contributed by atoms with van der Waals surface area (Å²) in [5.74, 6) is -0.131. The summed E-state index contributed by atoms with van der Waals surface area (Å²) in [5, 5.41) is 2.96. The van der Waals surface area contributed by atoms with E-state index in [0.717, 1.165) is 0 Å². The van der Waals surface area contributed by atoms with E-state index in [-0.39, 0.29) is 24.9 Å². The van der Waals surface area contributed by atoms with Crippen molar-refractivity contribution < 1.29 is 19.1 Å². The van der Waals surface area contributed by atoms with Crippen LogP contribution in [-0.2, 0) is 19.1 Å². The molecule has 7 nitrogen and oxygen atoms in total. The van der Waals surface area contributed by atoms with Crippen LogP contribution in [0.2, 0.25) is 0 Å². The summed E-state index contributed by atoms with van der Waals surface area (Å²) >= 11 is 0. The van der Waals surface area contributed by atoms with Gasteiger partial charge in [0.25, 0.3) is 0 Å². The van der Waals surface area contributed by atoms with Crippen molar-refractivity contribution in [3.8, 4) is 0 Å². The average molecular weight is 273 g/mol. The molecular formula is C12H23N3O4. The maximum Gasteiger partial charge on any atom is 0.242 e. The minimum atomic E-state index is -0.0993. The number of amides is 2. The van der Waals surface area contributed by atoms with Gasteiger partial charge in [0.05, 0.1) is 32.9 Å². The SMILES string of the molecule is COCCNCC(=O)N(C)CC(=O)N1CCOCC1. The third-order valence-corrected chi connectivity index (χ3v) is 2.92. The van der Waals surface area contributed by atoms with Gasteiger partial charge in [0.15, 0.2) is 0 Å². The summed E-state index contributed by atoms with van der Waals surface area (Å²) in [5.41, 5.74) is 0. The molecule has 0 unspecified atom stereocenters. The van der Waals surface area contributed by atoms with Gasteiger partial charge in [-0.25, -0.2) is 0 Å². The van der Waals surface area contributed by atoms with Gasteiger partial charge in [-0.15, -0.1) is 0 Å². The van der Waals surface area contributed by atoms with E-state index < -0.39 is 0 Å². The number of nitrogens with zero attached hydrogens (tertiary/aromatic N) is 2. The van der Waals surface area contributed by atoms with E-state index in [9.17, 15) is 9.59 Å². The second kappa shape index (κ2) is 8.84. The van der Waals surface area contributed by atoms with Crippen molar-refractivity contribution in [3.05, 3.63) is 0 Å². The number of likely N-dealkylation sites (N-methyl/N-ethyl adjacent to an activating group) is 1. The highest BCUT2D eigenvalue weighted by Crippen LogP contribution is 1.98. The zero-order chi connectivity index (χ0) is 14.1. The predicted molar refractivity (Wildman–Crippen MR) is 69.8 cm³/mol. The normalized spacial score (nSPS) is 15.4. The number of ether oxygens (including phenoxy) is 2. The van der Waals surface area contributed by atoms with E-state index in [0.29, 0.717) is 39.5 Å². The molecule has 110 valence electrons. The van der Waals surface area contributed by atoms with Crippen LogP contribution in [0, 0.1) is 0 Å². The Morgan fingerprint density at radius 2 is 2.05 bits per heavy atom. The second-order valence-corrected chi connectivity index (χ2v) is 4.41. The molecule has 1 fully saturated rings. The highest BCUT2D eigenvalue weighted by Gasteiger charge is 2.19. The maximum absolute atomic E-state index is 11.9. The lowest BCUT2D eigenvalue weighted by Gasteiger charge is -2.28. The van der Waals surface area contributed by atoms with Crippen molar-refractivity contribution in [2.45, 2.75) is 0 Å². The molecule has 2 amide bonds. The Morgan fingerprint density at radius 3 is 2.68 bits per heavy atom. The van der Waals surface area contributed by atoms with Crippen LogP contribution in [0.25, 0.3) is 0 Å². The van der Waals surface area contributed by atoms with Gasteiger partial charge in [-0.05, 0) is 0 Å². The summed E-state index contributed by atoms with van der Waals surface area (Å²) in [4.78, 5) is 26.8. The Hall–Kier alpha value is -1.18. The molecule has 0 spiro atoms. The van der Waals surface area contributed by atoms with E-state index >= 15 is 0 Å². The van der Waals surface area contributed by atoms with Gasteiger partial charge in [-0.2, -0.15) is 0 Å². The number of nitrogens with one attached hydrogen (secondary N) is 1. The number of carbonyl (C=O) groups excluding carboxylic acids is 2. The van der Waals surface area contributed by atoms with Crippen LogP contribution in [0.3, 0.4) is 0 Å². The molecule has 0 aromatic heterocycles. The number of rotatable bonds is 7. The Kier molecular flexibility index (Phi) is 7.39. The molecule has 19 heavy (non-hydrogen) atoms. The molecule has 1 saturated heterocycles. The molecule has 0 atom stereocenters. The van der Waals surface area contributed by atoms with Crippen molar-refractivity contribution >= 4 is 11.8 Å². The summed E-state index contributed by atoms with van der Waals surface area (Å²) in [6, 6.07) is 0. The third kappa shape index (κ3) is 6.00. The lowest BCUT2D eigenvalue weighted by Crippen LogP contribution is -2.47. The van der Waals surface area contributed by atoms with Crippen molar-refractivity contribution in [1.29, 1.82) is 0 Å². The number of morpholine rings is 1. The van der Waals surface area contributed by atoms with Gasteiger partial charge < -0.3 is 24.6 Å². The van der Waals surface area contributed by atoms with Crippen LogP contribution in [-0.4, -0.2) is 88.3 Å². The number of hydrogen-bond donors (Lipinski definition) is 1. The van der Waals surface area contributed by atoms with E-state index in [1.54, 1.807) is 19.1 Å². The molecule has 0 aromatic carbocycles. The van der Waals surface area contributed by atoms with Crippen LogP contribution >= 0.6 is 0 Å². The van der Waals surface area contributed by atoms with Crippen LogP contribution in [0.15, 0.2) is 0 Å². The zero-order valence-corrected chi connectivity index (χ0v) is 11.7. The highest BCUT2D eigenvalue weighted by molar-refractivity contribution is 5.85. The number of carbonyl (C=O) groups is 2. The quantitative estimate of drug-likeness (QED) is 0.574. The van der Waals surface area contributed by atoms with Crippen LogP contribution in [0.5, 0.6) is 0 Å². The predicted octanol–water partition coefficient (Wildman–Crippen LogP) is -1.46. The Balaban J connectivity index is 2.22. The third-order valence-electron chi connectivity index (χ3n) is 2.92. The first-order chi connectivity index (χ1) is 9.15. The Labute approximate surface area is 113 Å². The number of methoxy groups -OCH3 is 1. The molecule has 0 aromatic rings. The smallest absolute Gasteiger partial charge is 0.242 e. The standard InChI is InChI=1S/C12H23N3O4/c1-14(11(16)9-13-3-6-18-2)10-12(17)15-4-7-19-8-5-15/h13H,3-10H2,1-2H3. The first-order valence-electron chi connectivity index (χ1n) is 6.44. The molecule has 0 radical (unpaired) electrons. The lowest BCUT2D eigenvalue weighted by molar-refractivity contribution is -0.141. The minimum absolute atomic E-state index is 0.0314. The first-order valence-corrected chi connectivity index (χ1v) is 6.44. The van der Waals surface area contributed by atoms with Crippen molar-refractivity contribution in [2.75, 3.05) is 66.7 Å². The fraction of sp³-hybridized carbons (Fsp3) is 0.833. The fourth-order valence-corrected chi connectivity index (χ4v) is 1.71. The van der Waals surface area contributed by atoms with Crippen molar-refractivity contribution in [1.82, 2.24) is 15.1 Å². The average Bonchev–Trinajstić information content (AvgIpc) is 2.44. The summed E-state index contributed by atoms with van der Waals surface area (Å²) in [6.45, 7) is 3.86. The first kappa shape index (κ1) is 15.9. The van der Waals surface area contributed by atoms with Gasteiger partial charge >= 0.3 is 0 Å². The Bertz CT molecular complexity index is 293. The molecule has 0 aliphatic carbocycles. The molecule has 7 heteroatoms. The molecule has 0 saturated carbocycles. The van der Waals surface area contributed by atoms with Crippen LogP contribution in [0.1, 0.15) is 0 Å². The van der Waals surface area contributed by atoms with Crippen molar-refractivity contribution in [2.24, 2.45) is 0 Å². The van der Waals surface area contributed by atoms with Gasteiger partial charge in [-0.3, -0.25) is 9.59 Å². The van der Waals surface area contributed by atoms with E-state index in [2.05, 4.69) is 5.32 Å². The van der Waals surface area contributed by atoms with Gasteiger partial charge in [0.2, 0.25) is 11.8 Å². The van der Waals surface area contributed by atoms with Crippen LogP contribution in [0.4, 0.5) is 0 Å². The van der Waals surface area contributed by atoms with Gasteiger partial charge in [0.1, 0.15) is 0 Å². The molecule has 1 aliphatic rings. The maximum atomic E-state index is 11.9. The van der Waals surface area contributed by atoms with E-state index in [1.807, 2.05) is 0 Å². The Morgan fingerprint density at radius 1 is 1.37 bits per heavy atom. The number of hydrogen-bond acceptors (Lipinski definition) is 5. The highest BCUT2D eigenvalue weighted by atomic mass is 16.5. The summed E-state index contributed by atoms with van der Waals surface area (Å²) in [6.07, 6.45) is 0. The fourth-order valence-electron chi connectivity index (χ4n) is 1.71. The summed E-state index contributed by atoms with van der Waals surface area (Å²) < 4.78 is 10.1. The monoisotopic (exact) mass is 273 g/mol. The summed E-state index contributed by atoms with van der Waals surface area (Å²) in [7, 11) is 3.25. The molecule has 1 rings (SSSR count). The van der Waals surface area contributed by atoms with Gasteiger partial charge in [0, 0.05) is 33.8 Å². The van der Waals surface area contributed by atoms with E-state index in [4.69, 9.17) is 9.47 Å². The van der Waals surface area contributed by atoms with E-state index in [1.165, 1.54) is 4.90 Å². The lowest BCUT2D eigenvalue weighted by atomic mass is 10.3. The molecule has 1 aliphatic heterocycles. The topological polar surface area (TPSA) is 71.1 Å². The van der Waals surface area contributed by atoms with Gasteiger partial charge in [-0.1, -0.05) is 0 Å². The van der Waals surface area contributed by atoms with Crippen molar-refractivity contribution in [3.63, 3.8) is 0 Å². The molecule has 1 N–H and O–H groups in total. The minimum Gasteiger partial charge on any atom is -0.383 e. The van der Waals surface area contributed by atoms with Crippen LogP contribution < -0.4 is 5.32 Å². The zero-order valence-electron chi connectivity index (χ0n) is 11.7. The largest absolute Gasteiger partial charge is 0.383 e. The molecule has 0 bridgehead atoms. The second-order valence-electron chi connectivity index (χ2n) is 4.41.